The number of rotatable bonds is 4. The predicted molar refractivity (Wildman–Crippen MR) is 121 cm³/mol. The molecule has 2 aliphatic heterocycles. The summed E-state index contributed by atoms with van der Waals surface area (Å²) in [5.41, 5.74) is 2.61. The number of halogens is 1. The van der Waals surface area contributed by atoms with Gasteiger partial charge in [0.25, 0.3) is 17.5 Å². The predicted octanol–water partition coefficient (Wildman–Crippen LogP) is 4.47. The van der Waals surface area contributed by atoms with Crippen LogP contribution in [0.2, 0.25) is 0 Å². The van der Waals surface area contributed by atoms with Gasteiger partial charge in [0.15, 0.2) is 0 Å². The topological polar surface area (TPSA) is 83.8 Å². The Morgan fingerprint density at radius 3 is 2.39 bits per heavy atom. The van der Waals surface area contributed by atoms with Crippen molar-refractivity contribution in [1.82, 2.24) is 0 Å². The Labute approximate surface area is 188 Å². The third kappa shape index (κ3) is 3.45. The number of anilines is 2. The quantitative estimate of drug-likeness (QED) is 0.338. The number of fused-ring (bicyclic) bond motifs is 1. The number of carbonyl (C=O) groups is 2. The number of nitro groups is 1. The van der Waals surface area contributed by atoms with Crippen LogP contribution in [0, 0.1) is 15.9 Å². The maximum Gasteiger partial charge on any atom is 0.282 e. The van der Waals surface area contributed by atoms with Gasteiger partial charge in [0.1, 0.15) is 11.5 Å². The van der Waals surface area contributed by atoms with Crippen LogP contribution in [-0.2, 0) is 16.0 Å². The van der Waals surface area contributed by atoms with Crippen LogP contribution in [-0.4, -0.2) is 23.3 Å². The van der Waals surface area contributed by atoms with Gasteiger partial charge in [-0.1, -0.05) is 24.3 Å². The molecule has 2 heterocycles. The highest BCUT2D eigenvalue weighted by atomic mass is 19.1. The van der Waals surface area contributed by atoms with Gasteiger partial charge in [-0.15, -0.1) is 0 Å². The van der Waals surface area contributed by atoms with Crippen LogP contribution >= 0.6 is 0 Å². The molecule has 5 rings (SSSR count). The van der Waals surface area contributed by atoms with Gasteiger partial charge in [-0.3, -0.25) is 19.7 Å². The third-order valence-electron chi connectivity index (χ3n) is 5.87. The Hall–Kier alpha value is -4.33. The molecule has 0 saturated carbocycles. The molecule has 0 aromatic heterocycles. The van der Waals surface area contributed by atoms with Crippen molar-refractivity contribution < 1.29 is 18.9 Å². The molecule has 0 unspecified atom stereocenters. The van der Waals surface area contributed by atoms with E-state index in [9.17, 15) is 24.1 Å². The Bertz CT molecular complexity index is 1330. The number of non-ortho nitro benzene ring substituents is 1. The summed E-state index contributed by atoms with van der Waals surface area (Å²) in [6, 6.07) is 18.5. The normalized spacial score (nSPS) is 15.8. The first kappa shape index (κ1) is 20.6. The molecule has 0 saturated heterocycles. The molecule has 3 aromatic rings. The lowest BCUT2D eigenvalue weighted by Gasteiger charge is -2.32. The van der Waals surface area contributed by atoms with Gasteiger partial charge < -0.3 is 4.90 Å². The molecule has 3 aromatic carbocycles. The molecule has 2 aliphatic rings. The molecule has 0 N–H and O–H groups in total. The highest BCUT2D eigenvalue weighted by molar-refractivity contribution is 6.46. The van der Waals surface area contributed by atoms with Crippen molar-refractivity contribution in [2.75, 3.05) is 16.3 Å². The monoisotopic (exact) mass is 443 g/mol. The van der Waals surface area contributed by atoms with Gasteiger partial charge >= 0.3 is 0 Å². The first-order chi connectivity index (χ1) is 16.0. The average molecular weight is 443 g/mol. The maximum absolute atomic E-state index is 13.9. The van der Waals surface area contributed by atoms with E-state index in [1.807, 2.05) is 29.2 Å². The summed E-state index contributed by atoms with van der Waals surface area (Å²) in [4.78, 5) is 40.6. The number of para-hydroxylation sites is 1. The fourth-order valence-electron chi connectivity index (χ4n) is 4.39. The standard InChI is InChI=1S/C25H18FN3O4/c26-18-7-3-8-20(15-18)28-24(30)22(17-10-12-19(13-11-17)29(32)33)23(25(28)31)27-14-4-6-16-5-1-2-9-21(16)27/h1-3,5,7-13,15H,4,6,14H2. The molecule has 33 heavy (non-hydrogen) atoms. The zero-order chi connectivity index (χ0) is 23.1. The van der Waals surface area contributed by atoms with E-state index in [-0.39, 0.29) is 22.6 Å². The van der Waals surface area contributed by atoms with Gasteiger partial charge in [-0.25, -0.2) is 9.29 Å². The van der Waals surface area contributed by atoms with Crippen molar-refractivity contribution in [3.05, 3.63) is 106 Å². The summed E-state index contributed by atoms with van der Waals surface area (Å²) in [6.07, 6.45) is 1.64. The van der Waals surface area contributed by atoms with E-state index >= 15 is 0 Å². The summed E-state index contributed by atoms with van der Waals surface area (Å²) in [7, 11) is 0. The molecular formula is C25H18FN3O4. The van der Waals surface area contributed by atoms with E-state index in [0.29, 0.717) is 12.1 Å². The number of amides is 2. The highest BCUT2D eigenvalue weighted by Crippen LogP contribution is 2.39. The Kier molecular flexibility index (Phi) is 4.97. The largest absolute Gasteiger partial charge is 0.336 e. The summed E-state index contributed by atoms with van der Waals surface area (Å²) in [5.74, 6) is -1.73. The van der Waals surface area contributed by atoms with Crippen molar-refractivity contribution in [3.63, 3.8) is 0 Å². The van der Waals surface area contributed by atoms with Gasteiger partial charge in [0, 0.05) is 24.4 Å². The van der Waals surface area contributed by atoms with Gasteiger partial charge in [0.2, 0.25) is 0 Å². The lowest BCUT2D eigenvalue weighted by Crippen LogP contribution is -2.37. The van der Waals surface area contributed by atoms with Crippen LogP contribution in [0.3, 0.4) is 0 Å². The zero-order valence-electron chi connectivity index (χ0n) is 17.4. The summed E-state index contributed by atoms with van der Waals surface area (Å²) < 4.78 is 13.9. The van der Waals surface area contributed by atoms with E-state index in [2.05, 4.69) is 0 Å². The fraction of sp³-hybridized carbons (Fsp3) is 0.120. The second-order valence-electron chi connectivity index (χ2n) is 7.84. The Morgan fingerprint density at radius 2 is 1.67 bits per heavy atom. The van der Waals surface area contributed by atoms with E-state index in [4.69, 9.17) is 0 Å². The minimum Gasteiger partial charge on any atom is -0.336 e. The number of hydrogen-bond acceptors (Lipinski definition) is 5. The molecule has 0 radical (unpaired) electrons. The van der Waals surface area contributed by atoms with Crippen molar-refractivity contribution in [3.8, 4) is 0 Å². The molecule has 7 nitrogen and oxygen atoms in total. The van der Waals surface area contributed by atoms with Crippen molar-refractivity contribution in [1.29, 1.82) is 0 Å². The Balaban J connectivity index is 1.69. The van der Waals surface area contributed by atoms with Crippen molar-refractivity contribution in [2.24, 2.45) is 0 Å². The lowest BCUT2D eigenvalue weighted by molar-refractivity contribution is -0.384. The van der Waals surface area contributed by atoms with Gasteiger partial charge in [-0.2, -0.15) is 0 Å². The number of hydrogen-bond donors (Lipinski definition) is 0. The number of nitro benzene ring substituents is 1. The molecule has 0 bridgehead atoms. The summed E-state index contributed by atoms with van der Waals surface area (Å²) in [5, 5.41) is 11.1. The van der Waals surface area contributed by atoms with Crippen LogP contribution in [0.4, 0.5) is 21.5 Å². The zero-order valence-corrected chi connectivity index (χ0v) is 17.4. The first-order valence-corrected chi connectivity index (χ1v) is 10.4. The van der Waals surface area contributed by atoms with Crippen LogP contribution in [0.1, 0.15) is 17.5 Å². The second-order valence-corrected chi connectivity index (χ2v) is 7.84. The van der Waals surface area contributed by atoms with E-state index in [0.717, 1.165) is 35.1 Å². The van der Waals surface area contributed by atoms with Crippen LogP contribution in [0.15, 0.2) is 78.5 Å². The van der Waals surface area contributed by atoms with E-state index < -0.39 is 22.6 Å². The summed E-state index contributed by atoms with van der Waals surface area (Å²) >= 11 is 0. The van der Waals surface area contributed by atoms with E-state index in [1.54, 1.807) is 0 Å². The number of aryl methyl sites for hydroxylation is 1. The number of imide groups is 1. The van der Waals surface area contributed by atoms with Gasteiger partial charge in [-0.05, 0) is 60.4 Å². The fourth-order valence-corrected chi connectivity index (χ4v) is 4.39. The molecule has 0 spiro atoms. The molecular weight excluding hydrogens is 425 g/mol. The smallest absolute Gasteiger partial charge is 0.282 e. The van der Waals surface area contributed by atoms with Crippen LogP contribution in [0.5, 0.6) is 0 Å². The van der Waals surface area contributed by atoms with Crippen LogP contribution in [0.25, 0.3) is 5.57 Å². The number of benzene rings is 3. The number of carbonyl (C=O) groups excluding carboxylic acids is 2. The molecule has 2 amide bonds. The second kappa shape index (κ2) is 7.98. The summed E-state index contributed by atoms with van der Waals surface area (Å²) in [6.45, 7) is 0.527. The van der Waals surface area contributed by atoms with Gasteiger partial charge in [0.05, 0.1) is 16.2 Å². The lowest BCUT2D eigenvalue weighted by atomic mass is 9.98. The van der Waals surface area contributed by atoms with Crippen molar-refractivity contribution in [2.45, 2.75) is 12.8 Å². The van der Waals surface area contributed by atoms with Crippen molar-refractivity contribution >= 4 is 34.4 Å². The average Bonchev–Trinajstić information content (AvgIpc) is 3.08. The molecule has 0 atom stereocenters. The molecule has 0 fully saturated rings. The third-order valence-corrected chi connectivity index (χ3v) is 5.87. The number of nitrogens with zero attached hydrogens (tertiary/aromatic N) is 3. The van der Waals surface area contributed by atoms with E-state index in [1.165, 1.54) is 42.5 Å². The Morgan fingerprint density at radius 1 is 0.909 bits per heavy atom. The molecule has 164 valence electrons. The van der Waals surface area contributed by atoms with Crippen LogP contribution < -0.4 is 9.80 Å². The minimum absolute atomic E-state index is 0.122. The maximum atomic E-state index is 13.9. The first-order valence-electron chi connectivity index (χ1n) is 10.4. The minimum atomic E-state index is -0.600. The SMILES string of the molecule is O=C1C(c2ccc([N+](=O)[O-])cc2)=C(N2CCCc3ccccc32)C(=O)N1c1cccc(F)c1. The molecule has 8 heteroatoms. The molecule has 0 aliphatic carbocycles. The highest BCUT2D eigenvalue weighted by Gasteiger charge is 2.43.